The second-order valence-electron chi connectivity index (χ2n) is 4.81. The van der Waals surface area contributed by atoms with Crippen LogP contribution in [0.4, 0.5) is 0 Å². The molecule has 0 aromatic heterocycles. The number of hydrogen-bond donors (Lipinski definition) is 1. The van der Waals surface area contributed by atoms with Gasteiger partial charge in [-0.05, 0) is 37.8 Å². The molecule has 1 aromatic rings. The lowest BCUT2D eigenvalue weighted by Gasteiger charge is -2.31. The van der Waals surface area contributed by atoms with Gasteiger partial charge in [0, 0.05) is 18.7 Å². The van der Waals surface area contributed by atoms with Gasteiger partial charge in [-0.25, -0.2) is 0 Å². The lowest BCUT2D eigenvalue weighted by Crippen LogP contribution is -2.42. The highest BCUT2D eigenvalue weighted by atomic mass is 16.3. The Balaban J connectivity index is 2.24. The highest BCUT2D eigenvalue weighted by Gasteiger charge is 2.24. The number of amides is 1. The van der Waals surface area contributed by atoms with Crippen LogP contribution in [-0.4, -0.2) is 35.1 Å². The summed E-state index contributed by atoms with van der Waals surface area (Å²) in [6.07, 6.45) is 1.32. The normalized spacial score (nSPS) is 20.4. The molecule has 1 heterocycles. The Hall–Kier alpha value is -1.35. The van der Waals surface area contributed by atoms with Crippen molar-refractivity contribution in [3.05, 3.63) is 34.9 Å². The SMILES string of the molecule is Cc1cccc(C)c1C(=O)N1CCCC(O)C1. The average molecular weight is 233 g/mol. The summed E-state index contributed by atoms with van der Waals surface area (Å²) in [7, 11) is 0. The first-order valence-electron chi connectivity index (χ1n) is 6.13. The fraction of sp³-hybridized carbons (Fsp3) is 0.500. The Morgan fingerprint density at radius 2 is 2.00 bits per heavy atom. The summed E-state index contributed by atoms with van der Waals surface area (Å²) in [5.41, 5.74) is 2.81. The van der Waals surface area contributed by atoms with Crippen LogP contribution in [0.1, 0.15) is 34.3 Å². The number of aryl methyl sites for hydroxylation is 2. The van der Waals surface area contributed by atoms with Crippen LogP contribution in [0.25, 0.3) is 0 Å². The smallest absolute Gasteiger partial charge is 0.254 e. The Kier molecular flexibility index (Phi) is 3.48. The van der Waals surface area contributed by atoms with Gasteiger partial charge in [0.05, 0.1) is 6.10 Å². The Morgan fingerprint density at radius 1 is 1.35 bits per heavy atom. The van der Waals surface area contributed by atoms with E-state index in [1.54, 1.807) is 4.90 Å². The Labute approximate surface area is 102 Å². The molecule has 1 fully saturated rings. The molecule has 3 nitrogen and oxygen atoms in total. The van der Waals surface area contributed by atoms with E-state index in [9.17, 15) is 9.90 Å². The van der Waals surface area contributed by atoms with Gasteiger partial charge in [0.15, 0.2) is 0 Å². The fourth-order valence-electron chi connectivity index (χ4n) is 2.45. The van der Waals surface area contributed by atoms with Gasteiger partial charge in [-0.1, -0.05) is 18.2 Å². The molecule has 1 atom stereocenters. The van der Waals surface area contributed by atoms with Crippen molar-refractivity contribution in [2.75, 3.05) is 13.1 Å². The number of benzene rings is 1. The van der Waals surface area contributed by atoms with Gasteiger partial charge in [-0.2, -0.15) is 0 Å². The summed E-state index contributed by atoms with van der Waals surface area (Å²) in [5, 5.41) is 9.62. The zero-order chi connectivity index (χ0) is 12.4. The Morgan fingerprint density at radius 3 is 2.59 bits per heavy atom. The highest BCUT2D eigenvalue weighted by Crippen LogP contribution is 2.19. The van der Waals surface area contributed by atoms with E-state index in [0.717, 1.165) is 36.1 Å². The van der Waals surface area contributed by atoms with Crippen molar-refractivity contribution in [3.8, 4) is 0 Å². The first-order chi connectivity index (χ1) is 8.09. The van der Waals surface area contributed by atoms with Crippen LogP contribution < -0.4 is 0 Å². The number of carbonyl (C=O) groups excluding carboxylic acids is 1. The molecule has 17 heavy (non-hydrogen) atoms. The third-order valence-electron chi connectivity index (χ3n) is 3.38. The fourth-order valence-corrected chi connectivity index (χ4v) is 2.45. The van der Waals surface area contributed by atoms with Gasteiger partial charge in [0.25, 0.3) is 5.91 Å². The third-order valence-corrected chi connectivity index (χ3v) is 3.38. The molecular weight excluding hydrogens is 214 g/mol. The maximum Gasteiger partial charge on any atom is 0.254 e. The minimum Gasteiger partial charge on any atom is -0.391 e. The monoisotopic (exact) mass is 233 g/mol. The van der Waals surface area contributed by atoms with Gasteiger partial charge < -0.3 is 10.0 Å². The van der Waals surface area contributed by atoms with Crippen LogP contribution in [0, 0.1) is 13.8 Å². The van der Waals surface area contributed by atoms with E-state index in [-0.39, 0.29) is 12.0 Å². The Bertz CT molecular complexity index is 408. The number of rotatable bonds is 1. The minimum absolute atomic E-state index is 0.0550. The molecule has 1 aliphatic rings. The number of carbonyl (C=O) groups is 1. The molecule has 1 amide bonds. The van der Waals surface area contributed by atoms with Gasteiger partial charge >= 0.3 is 0 Å². The van der Waals surface area contributed by atoms with Gasteiger partial charge in [0.1, 0.15) is 0 Å². The number of piperidine rings is 1. The summed E-state index contributed by atoms with van der Waals surface area (Å²) < 4.78 is 0. The molecule has 0 radical (unpaired) electrons. The zero-order valence-electron chi connectivity index (χ0n) is 10.4. The van der Waals surface area contributed by atoms with Crippen molar-refractivity contribution >= 4 is 5.91 Å². The summed E-state index contributed by atoms with van der Waals surface area (Å²) in [4.78, 5) is 14.2. The minimum atomic E-state index is -0.364. The quantitative estimate of drug-likeness (QED) is 0.804. The van der Waals surface area contributed by atoms with Crippen LogP contribution in [0.5, 0.6) is 0 Å². The first-order valence-corrected chi connectivity index (χ1v) is 6.13. The second kappa shape index (κ2) is 4.88. The van der Waals surface area contributed by atoms with E-state index in [1.165, 1.54) is 0 Å². The predicted octanol–water partition coefficient (Wildman–Crippen LogP) is 1.90. The van der Waals surface area contributed by atoms with Crippen molar-refractivity contribution in [3.63, 3.8) is 0 Å². The summed E-state index contributed by atoms with van der Waals surface area (Å²) in [5.74, 6) is 0.0550. The summed E-state index contributed by atoms with van der Waals surface area (Å²) >= 11 is 0. The number of aliphatic hydroxyl groups is 1. The van der Waals surface area contributed by atoms with Crippen molar-refractivity contribution in [2.45, 2.75) is 32.8 Å². The van der Waals surface area contributed by atoms with Gasteiger partial charge in [0.2, 0.25) is 0 Å². The third kappa shape index (κ3) is 2.50. The molecule has 0 spiro atoms. The maximum atomic E-state index is 12.4. The molecular formula is C14H19NO2. The van der Waals surface area contributed by atoms with Crippen molar-refractivity contribution in [1.82, 2.24) is 4.90 Å². The second-order valence-corrected chi connectivity index (χ2v) is 4.81. The molecule has 92 valence electrons. The van der Waals surface area contributed by atoms with E-state index >= 15 is 0 Å². The molecule has 3 heteroatoms. The van der Waals surface area contributed by atoms with Crippen molar-refractivity contribution in [2.24, 2.45) is 0 Å². The largest absolute Gasteiger partial charge is 0.391 e. The molecule has 1 N–H and O–H groups in total. The summed E-state index contributed by atoms with van der Waals surface area (Å²) in [6.45, 7) is 5.14. The molecule has 0 saturated carbocycles. The van der Waals surface area contributed by atoms with Crippen LogP contribution >= 0.6 is 0 Å². The topological polar surface area (TPSA) is 40.5 Å². The van der Waals surface area contributed by atoms with E-state index in [2.05, 4.69) is 0 Å². The van der Waals surface area contributed by atoms with Crippen LogP contribution in [0.3, 0.4) is 0 Å². The standard InChI is InChI=1S/C14H19NO2/c1-10-5-3-6-11(2)13(10)14(17)15-8-4-7-12(16)9-15/h3,5-6,12,16H,4,7-9H2,1-2H3. The van der Waals surface area contributed by atoms with E-state index in [4.69, 9.17) is 0 Å². The van der Waals surface area contributed by atoms with E-state index < -0.39 is 0 Å². The lowest BCUT2D eigenvalue weighted by atomic mass is 10.00. The van der Waals surface area contributed by atoms with E-state index in [1.807, 2.05) is 32.0 Å². The predicted molar refractivity (Wildman–Crippen MR) is 67.1 cm³/mol. The number of hydrogen-bond acceptors (Lipinski definition) is 2. The molecule has 1 aromatic carbocycles. The molecule has 0 bridgehead atoms. The van der Waals surface area contributed by atoms with Crippen molar-refractivity contribution in [1.29, 1.82) is 0 Å². The number of aliphatic hydroxyl groups excluding tert-OH is 1. The first kappa shape index (κ1) is 12.1. The lowest BCUT2D eigenvalue weighted by molar-refractivity contribution is 0.0472. The molecule has 1 unspecified atom stereocenters. The van der Waals surface area contributed by atoms with Gasteiger partial charge in [-0.15, -0.1) is 0 Å². The maximum absolute atomic E-state index is 12.4. The van der Waals surface area contributed by atoms with Gasteiger partial charge in [-0.3, -0.25) is 4.79 Å². The van der Waals surface area contributed by atoms with Crippen LogP contribution in [0.15, 0.2) is 18.2 Å². The molecule has 1 aliphatic heterocycles. The number of likely N-dealkylation sites (tertiary alicyclic amines) is 1. The molecule has 0 aliphatic carbocycles. The molecule has 1 saturated heterocycles. The summed E-state index contributed by atoms with van der Waals surface area (Å²) in [6, 6.07) is 5.88. The van der Waals surface area contributed by atoms with Crippen LogP contribution in [0.2, 0.25) is 0 Å². The average Bonchev–Trinajstić information content (AvgIpc) is 2.28. The van der Waals surface area contributed by atoms with Crippen molar-refractivity contribution < 1.29 is 9.90 Å². The van der Waals surface area contributed by atoms with E-state index in [0.29, 0.717) is 6.54 Å². The molecule has 2 rings (SSSR count). The highest BCUT2D eigenvalue weighted by molar-refractivity contribution is 5.97. The number of nitrogens with zero attached hydrogens (tertiary/aromatic N) is 1. The number of β-amino-alcohol motifs (C(OH)–C–C–N with tert-alkyl or cyclic N) is 1. The van der Waals surface area contributed by atoms with Crippen LogP contribution in [-0.2, 0) is 0 Å². The zero-order valence-corrected chi connectivity index (χ0v) is 10.4.